The molecule has 0 radical (unpaired) electrons. The third-order valence-electron chi connectivity index (χ3n) is 6.94. The van der Waals surface area contributed by atoms with E-state index >= 15 is 0 Å². The summed E-state index contributed by atoms with van der Waals surface area (Å²) in [6, 6.07) is 15.9. The molecule has 3 aromatic rings. The number of aryl methyl sites for hydroxylation is 1. The van der Waals surface area contributed by atoms with Gasteiger partial charge < -0.3 is 14.6 Å². The van der Waals surface area contributed by atoms with Crippen molar-refractivity contribution in [2.24, 2.45) is 18.4 Å². The number of fused-ring (bicyclic) bond motifs is 1. The van der Waals surface area contributed by atoms with E-state index in [4.69, 9.17) is 4.98 Å². The first-order valence-corrected chi connectivity index (χ1v) is 11.2. The fraction of sp³-hybridized carbons (Fsp3) is 0.462. The molecule has 1 aliphatic rings. The highest BCUT2D eigenvalue weighted by Crippen LogP contribution is 2.40. The summed E-state index contributed by atoms with van der Waals surface area (Å²) in [7, 11) is 2.09. The zero-order valence-corrected chi connectivity index (χ0v) is 19.0. The Balaban J connectivity index is 1.65. The second kappa shape index (κ2) is 8.37. The second-order valence-electron chi connectivity index (χ2n) is 9.96. The van der Waals surface area contributed by atoms with E-state index in [0.717, 1.165) is 47.8 Å². The van der Waals surface area contributed by atoms with Gasteiger partial charge in [0.2, 0.25) is 5.95 Å². The number of benzene rings is 2. The molecule has 0 atom stereocenters. The van der Waals surface area contributed by atoms with Crippen LogP contribution in [0, 0.1) is 11.3 Å². The van der Waals surface area contributed by atoms with Gasteiger partial charge in [0.25, 0.3) is 0 Å². The van der Waals surface area contributed by atoms with Gasteiger partial charge in [0.05, 0.1) is 16.6 Å². The molecule has 4 rings (SSSR count). The van der Waals surface area contributed by atoms with Crippen molar-refractivity contribution >= 4 is 23.0 Å². The Kier molecular flexibility index (Phi) is 5.78. The Morgan fingerprint density at radius 2 is 1.71 bits per heavy atom. The fourth-order valence-electron chi connectivity index (χ4n) is 4.96. The van der Waals surface area contributed by atoms with Crippen LogP contribution in [0.4, 0.5) is 5.95 Å². The van der Waals surface area contributed by atoms with Crippen LogP contribution in [0.2, 0.25) is 0 Å². The molecular formula is C26H33N3O2. The van der Waals surface area contributed by atoms with Crippen molar-refractivity contribution in [2.45, 2.75) is 59.0 Å². The van der Waals surface area contributed by atoms with E-state index < -0.39 is 5.97 Å². The summed E-state index contributed by atoms with van der Waals surface area (Å²) in [5.41, 5.74) is 3.92. The number of aromatic nitrogens is 2. The first-order valence-electron chi connectivity index (χ1n) is 11.2. The van der Waals surface area contributed by atoms with Crippen LogP contribution in [-0.2, 0) is 13.6 Å². The number of para-hydroxylation sites is 2. The fourth-order valence-corrected chi connectivity index (χ4v) is 4.96. The average Bonchev–Trinajstić information content (AvgIpc) is 3.08. The van der Waals surface area contributed by atoms with Gasteiger partial charge in [-0.2, -0.15) is 0 Å². The van der Waals surface area contributed by atoms with Gasteiger partial charge in [-0.3, -0.25) is 0 Å². The minimum atomic E-state index is -0.890. The van der Waals surface area contributed by atoms with Gasteiger partial charge in [-0.05, 0) is 66.8 Å². The standard InChI is InChI=1S/C26H33N3O2/c1-26(2,3)20-13-15-21(16-14-20)29(17-18-9-11-19(12-10-18)24(30)31)25-27-22-7-5-6-8-23(22)28(25)4/h5-12,20-21H,13-17H2,1-4H3,(H,30,31). The van der Waals surface area contributed by atoms with Crippen molar-refractivity contribution in [3.8, 4) is 0 Å². The summed E-state index contributed by atoms with van der Waals surface area (Å²) in [6.07, 6.45) is 4.76. The van der Waals surface area contributed by atoms with Crippen LogP contribution >= 0.6 is 0 Å². The zero-order chi connectivity index (χ0) is 22.2. The molecule has 0 amide bonds. The lowest BCUT2D eigenvalue weighted by Crippen LogP contribution is -2.41. The quantitative estimate of drug-likeness (QED) is 0.561. The summed E-state index contributed by atoms with van der Waals surface area (Å²) in [5.74, 6) is 0.850. The van der Waals surface area contributed by atoms with Crippen molar-refractivity contribution in [3.05, 3.63) is 59.7 Å². The van der Waals surface area contributed by atoms with Crippen molar-refractivity contribution < 1.29 is 9.90 Å². The Labute approximate surface area is 184 Å². The predicted octanol–water partition coefficient (Wildman–Crippen LogP) is 5.88. The number of anilines is 1. The van der Waals surface area contributed by atoms with Gasteiger partial charge in [-0.1, -0.05) is 45.0 Å². The molecule has 0 spiro atoms. The highest BCUT2D eigenvalue weighted by Gasteiger charge is 2.33. The summed E-state index contributed by atoms with van der Waals surface area (Å²) >= 11 is 0. The van der Waals surface area contributed by atoms with Gasteiger partial charge in [0, 0.05) is 19.6 Å². The number of carboxylic acid groups (broad SMARTS) is 1. The maximum Gasteiger partial charge on any atom is 0.335 e. The smallest absolute Gasteiger partial charge is 0.335 e. The molecule has 31 heavy (non-hydrogen) atoms. The summed E-state index contributed by atoms with van der Waals surface area (Å²) in [5, 5.41) is 9.22. The summed E-state index contributed by atoms with van der Waals surface area (Å²) in [6.45, 7) is 7.78. The van der Waals surface area contributed by atoms with E-state index in [1.54, 1.807) is 12.1 Å². The zero-order valence-electron chi connectivity index (χ0n) is 19.0. The van der Waals surface area contributed by atoms with Crippen LogP contribution in [0.15, 0.2) is 48.5 Å². The van der Waals surface area contributed by atoms with Gasteiger partial charge in [0.1, 0.15) is 0 Å². The Morgan fingerprint density at radius 3 is 2.29 bits per heavy atom. The van der Waals surface area contributed by atoms with Crippen molar-refractivity contribution in [1.82, 2.24) is 9.55 Å². The van der Waals surface area contributed by atoms with Crippen LogP contribution in [0.25, 0.3) is 11.0 Å². The van der Waals surface area contributed by atoms with Gasteiger partial charge >= 0.3 is 5.97 Å². The Morgan fingerprint density at radius 1 is 1.06 bits per heavy atom. The van der Waals surface area contributed by atoms with Crippen LogP contribution in [-0.4, -0.2) is 26.7 Å². The highest BCUT2D eigenvalue weighted by molar-refractivity contribution is 5.87. The molecule has 164 valence electrons. The molecule has 1 aromatic heterocycles. The average molecular weight is 420 g/mol. The first-order chi connectivity index (χ1) is 14.7. The van der Waals surface area contributed by atoms with Crippen molar-refractivity contribution in [2.75, 3.05) is 4.90 Å². The monoisotopic (exact) mass is 419 g/mol. The topological polar surface area (TPSA) is 58.4 Å². The molecule has 1 aliphatic carbocycles. The van der Waals surface area contributed by atoms with Crippen LogP contribution in [0.1, 0.15) is 62.4 Å². The minimum absolute atomic E-state index is 0.323. The molecule has 0 aliphatic heterocycles. The SMILES string of the molecule is Cn1c(N(Cc2ccc(C(=O)O)cc2)C2CCC(C(C)(C)C)CC2)nc2ccccc21. The van der Waals surface area contributed by atoms with Crippen LogP contribution in [0.3, 0.4) is 0 Å². The second-order valence-corrected chi connectivity index (χ2v) is 9.96. The molecule has 5 nitrogen and oxygen atoms in total. The highest BCUT2D eigenvalue weighted by atomic mass is 16.4. The van der Waals surface area contributed by atoms with E-state index in [2.05, 4.69) is 55.5 Å². The molecule has 1 heterocycles. The normalized spacial score (nSPS) is 19.5. The molecule has 0 bridgehead atoms. The molecule has 1 N–H and O–H groups in total. The molecule has 1 fully saturated rings. The maximum atomic E-state index is 11.2. The van der Waals surface area contributed by atoms with E-state index in [0.29, 0.717) is 17.0 Å². The van der Waals surface area contributed by atoms with Crippen LogP contribution < -0.4 is 4.90 Å². The molecule has 1 saturated carbocycles. The largest absolute Gasteiger partial charge is 0.478 e. The van der Waals surface area contributed by atoms with E-state index in [-0.39, 0.29) is 0 Å². The summed E-state index contributed by atoms with van der Waals surface area (Å²) in [4.78, 5) is 18.7. The molecule has 5 heteroatoms. The lowest BCUT2D eigenvalue weighted by molar-refractivity contribution is 0.0697. The number of rotatable bonds is 5. The Bertz CT molecular complexity index is 1050. The third-order valence-corrected chi connectivity index (χ3v) is 6.94. The van der Waals surface area contributed by atoms with Gasteiger partial charge in [0.15, 0.2) is 0 Å². The number of carbonyl (C=O) groups is 1. The number of hydrogen-bond donors (Lipinski definition) is 1. The third kappa shape index (κ3) is 4.46. The molecule has 0 unspecified atom stereocenters. The van der Waals surface area contributed by atoms with Crippen molar-refractivity contribution in [1.29, 1.82) is 0 Å². The summed E-state index contributed by atoms with van der Waals surface area (Å²) < 4.78 is 2.19. The molecular weight excluding hydrogens is 386 g/mol. The first kappa shape index (κ1) is 21.4. The number of carboxylic acids is 1. The van der Waals surface area contributed by atoms with Crippen LogP contribution in [0.5, 0.6) is 0 Å². The van der Waals surface area contributed by atoms with Crippen molar-refractivity contribution in [3.63, 3.8) is 0 Å². The number of nitrogens with zero attached hydrogens (tertiary/aromatic N) is 3. The molecule has 0 saturated heterocycles. The van der Waals surface area contributed by atoms with Gasteiger partial charge in [-0.15, -0.1) is 0 Å². The lowest BCUT2D eigenvalue weighted by Gasteiger charge is -2.41. The number of imidazole rings is 1. The number of aromatic carboxylic acids is 1. The van der Waals surface area contributed by atoms with E-state index in [9.17, 15) is 9.90 Å². The lowest BCUT2D eigenvalue weighted by atomic mass is 9.71. The number of hydrogen-bond acceptors (Lipinski definition) is 3. The van der Waals surface area contributed by atoms with E-state index in [1.165, 1.54) is 12.8 Å². The van der Waals surface area contributed by atoms with E-state index in [1.807, 2.05) is 18.2 Å². The maximum absolute atomic E-state index is 11.2. The Hall–Kier alpha value is -2.82. The molecule has 2 aromatic carbocycles. The van der Waals surface area contributed by atoms with Gasteiger partial charge in [-0.25, -0.2) is 9.78 Å². The minimum Gasteiger partial charge on any atom is -0.478 e. The predicted molar refractivity (Wildman–Crippen MR) is 125 cm³/mol.